The van der Waals surface area contributed by atoms with Gasteiger partial charge < -0.3 is 10.6 Å². The van der Waals surface area contributed by atoms with Crippen LogP contribution in [-0.4, -0.2) is 29.9 Å². The molecule has 0 aromatic rings. The van der Waals surface area contributed by atoms with E-state index in [4.69, 9.17) is 5.73 Å². The lowest BCUT2D eigenvalue weighted by Gasteiger charge is -2.30. The molecule has 0 aromatic carbocycles. The fourth-order valence-electron chi connectivity index (χ4n) is 1.43. The fourth-order valence-corrected chi connectivity index (χ4v) is 1.43. The summed E-state index contributed by atoms with van der Waals surface area (Å²) in [6, 6.07) is 0.208. The monoisotopic (exact) mass is 156 g/mol. The van der Waals surface area contributed by atoms with Gasteiger partial charge >= 0.3 is 0 Å². The topological polar surface area (TPSA) is 46.3 Å². The van der Waals surface area contributed by atoms with Crippen LogP contribution in [0, 0.1) is 0 Å². The third-order valence-corrected chi connectivity index (χ3v) is 2.03. The van der Waals surface area contributed by atoms with Gasteiger partial charge in [-0.25, -0.2) is 0 Å². The van der Waals surface area contributed by atoms with E-state index < -0.39 is 0 Å². The molecule has 0 aliphatic carbocycles. The highest BCUT2D eigenvalue weighted by Crippen LogP contribution is 2.09. The van der Waals surface area contributed by atoms with Gasteiger partial charge in [0.15, 0.2) is 0 Å². The van der Waals surface area contributed by atoms with E-state index in [2.05, 4.69) is 6.92 Å². The van der Waals surface area contributed by atoms with Gasteiger partial charge in [-0.15, -0.1) is 0 Å². The SMILES string of the molecule is CCCN1C[C@H](N)CCC1=O. The first kappa shape index (κ1) is 8.53. The molecule has 1 saturated heterocycles. The van der Waals surface area contributed by atoms with Crippen molar-refractivity contribution in [3.05, 3.63) is 0 Å². The van der Waals surface area contributed by atoms with Crippen molar-refractivity contribution in [3.8, 4) is 0 Å². The van der Waals surface area contributed by atoms with Crippen LogP contribution >= 0.6 is 0 Å². The average molecular weight is 156 g/mol. The summed E-state index contributed by atoms with van der Waals surface area (Å²) in [5, 5.41) is 0. The Morgan fingerprint density at radius 3 is 3.09 bits per heavy atom. The maximum absolute atomic E-state index is 11.2. The number of carbonyl (C=O) groups excluding carboxylic acids is 1. The molecule has 0 aromatic heterocycles. The first-order valence-electron chi connectivity index (χ1n) is 4.27. The molecule has 1 amide bonds. The molecule has 11 heavy (non-hydrogen) atoms. The Bertz CT molecular complexity index is 147. The number of carbonyl (C=O) groups is 1. The average Bonchev–Trinajstić information content (AvgIpc) is 1.98. The number of rotatable bonds is 2. The lowest BCUT2D eigenvalue weighted by atomic mass is 10.1. The number of hydrogen-bond acceptors (Lipinski definition) is 2. The maximum atomic E-state index is 11.2. The summed E-state index contributed by atoms with van der Waals surface area (Å²) in [6.07, 6.45) is 2.53. The molecular weight excluding hydrogens is 140 g/mol. The van der Waals surface area contributed by atoms with Gasteiger partial charge in [-0.3, -0.25) is 4.79 Å². The summed E-state index contributed by atoms with van der Waals surface area (Å²) < 4.78 is 0. The summed E-state index contributed by atoms with van der Waals surface area (Å²) in [7, 11) is 0. The van der Waals surface area contributed by atoms with Crippen LogP contribution in [0.2, 0.25) is 0 Å². The van der Waals surface area contributed by atoms with Crippen molar-refractivity contribution >= 4 is 5.91 Å². The van der Waals surface area contributed by atoms with Crippen molar-refractivity contribution in [2.45, 2.75) is 32.2 Å². The minimum Gasteiger partial charge on any atom is -0.341 e. The van der Waals surface area contributed by atoms with Gasteiger partial charge in [0.25, 0.3) is 0 Å². The minimum atomic E-state index is 0.208. The van der Waals surface area contributed by atoms with E-state index in [0.717, 1.165) is 25.9 Å². The molecule has 0 bridgehead atoms. The lowest BCUT2D eigenvalue weighted by Crippen LogP contribution is -2.46. The first-order valence-corrected chi connectivity index (χ1v) is 4.27. The van der Waals surface area contributed by atoms with Gasteiger partial charge in [-0.2, -0.15) is 0 Å². The second kappa shape index (κ2) is 3.72. The Kier molecular flexibility index (Phi) is 2.88. The number of nitrogens with two attached hydrogens (primary N) is 1. The number of piperidine rings is 1. The largest absolute Gasteiger partial charge is 0.341 e. The Morgan fingerprint density at radius 1 is 1.73 bits per heavy atom. The number of amides is 1. The number of hydrogen-bond donors (Lipinski definition) is 1. The number of nitrogens with zero attached hydrogens (tertiary/aromatic N) is 1. The molecule has 1 rings (SSSR count). The van der Waals surface area contributed by atoms with E-state index in [1.165, 1.54) is 0 Å². The smallest absolute Gasteiger partial charge is 0.222 e. The molecule has 2 N–H and O–H groups in total. The predicted octanol–water partition coefficient (Wildman–Crippen LogP) is 0.346. The molecule has 3 nitrogen and oxygen atoms in total. The normalized spacial score (nSPS) is 25.8. The molecule has 0 radical (unpaired) electrons. The van der Waals surface area contributed by atoms with E-state index >= 15 is 0 Å². The molecule has 1 aliphatic heterocycles. The van der Waals surface area contributed by atoms with Crippen LogP contribution in [0.25, 0.3) is 0 Å². The van der Waals surface area contributed by atoms with Gasteiger partial charge in [0, 0.05) is 25.6 Å². The van der Waals surface area contributed by atoms with E-state index in [0.29, 0.717) is 6.42 Å². The highest BCUT2D eigenvalue weighted by atomic mass is 16.2. The van der Waals surface area contributed by atoms with E-state index in [1.807, 2.05) is 4.90 Å². The summed E-state index contributed by atoms with van der Waals surface area (Å²) in [5.74, 6) is 0.272. The Hall–Kier alpha value is -0.570. The van der Waals surface area contributed by atoms with E-state index in [1.54, 1.807) is 0 Å². The zero-order chi connectivity index (χ0) is 8.27. The molecular formula is C8H16N2O. The van der Waals surface area contributed by atoms with Gasteiger partial charge in [0.1, 0.15) is 0 Å². The highest BCUT2D eigenvalue weighted by molar-refractivity contribution is 5.77. The van der Waals surface area contributed by atoms with Crippen molar-refractivity contribution in [1.82, 2.24) is 4.90 Å². The van der Waals surface area contributed by atoms with Gasteiger partial charge in [-0.05, 0) is 12.8 Å². The molecule has 0 unspecified atom stereocenters. The zero-order valence-corrected chi connectivity index (χ0v) is 7.05. The van der Waals surface area contributed by atoms with Crippen LogP contribution < -0.4 is 5.73 Å². The second-order valence-electron chi connectivity index (χ2n) is 3.14. The molecule has 1 heterocycles. The molecule has 1 fully saturated rings. The summed E-state index contributed by atoms with van der Waals surface area (Å²) in [6.45, 7) is 3.70. The lowest BCUT2D eigenvalue weighted by molar-refractivity contribution is -0.133. The van der Waals surface area contributed by atoms with Gasteiger partial charge in [0.2, 0.25) is 5.91 Å². The fraction of sp³-hybridized carbons (Fsp3) is 0.875. The Morgan fingerprint density at radius 2 is 2.45 bits per heavy atom. The van der Waals surface area contributed by atoms with Gasteiger partial charge in [0.05, 0.1) is 0 Å². The van der Waals surface area contributed by atoms with Crippen LogP contribution in [0.3, 0.4) is 0 Å². The summed E-state index contributed by atoms with van der Waals surface area (Å²) >= 11 is 0. The third kappa shape index (κ3) is 2.19. The van der Waals surface area contributed by atoms with Crippen molar-refractivity contribution in [2.75, 3.05) is 13.1 Å². The molecule has 3 heteroatoms. The Balaban J connectivity index is 2.40. The van der Waals surface area contributed by atoms with Crippen molar-refractivity contribution in [2.24, 2.45) is 5.73 Å². The summed E-state index contributed by atoms with van der Waals surface area (Å²) in [5.41, 5.74) is 5.72. The Labute approximate surface area is 67.5 Å². The molecule has 0 spiro atoms. The van der Waals surface area contributed by atoms with Crippen molar-refractivity contribution < 1.29 is 4.79 Å². The van der Waals surface area contributed by atoms with E-state index in [-0.39, 0.29) is 11.9 Å². The van der Waals surface area contributed by atoms with Crippen molar-refractivity contribution in [3.63, 3.8) is 0 Å². The van der Waals surface area contributed by atoms with Crippen LogP contribution in [0.1, 0.15) is 26.2 Å². The van der Waals surface area contributed by atoms with E-state index in [9.17, 15) is 4.79 Å². The van der Waals surface area contributed by atoms with Crippen LogP contribution in [-0.2, 0) is 4.79 Å². The third-order valence-electron chi connectivity index (χ3n) is 2.03. The summed E-state index contributed by atoms with van der Waals surface area (Å²) in [4.78, 5) is 13.1. The van der Waals surface area contributed by atoms with Crippen LogP contribution in [0.5, 0.6) is 0 Å². The van der Waals surface area contributed by atoms with Crippen LogP contribution in [0.15, 0.2) is 0 Å². The highest BCUT2D eigenvalue weighted by Gasteiger charge is 2.21. The second-order valence-corrected chi connectivity index (χ2v) is 3.14. The minimum absolute atomic E-state index is 0.208. The number of likely N-dealkylation sites (tertiary alicyclic amines) is 1. The standard InChI is InChI=1S/C8H16N2O/c1-2-5-10-6-7(9)3-4-8(10)11/h7H,2-6,9H2,1H3/t7-/m1/s1. The molecule has 1 aliphatic rings. The molecule has 0 saturated carbocycles. The first-order chi connectivity index (χ1) is 5.24. The maximum Gasteiger partial charge on any atom is 0.222 e. The molecule has 64 valence electrons. The van der Waals surface area contributed by atoms with Crippen molar-refractivity contribution in [1.29, 1.82) is 0 Å². The predicted molar refractivity (Wildman–Crippen MR) is 44.1 cm³/mol. The molecule has 1 atom stereocenters. The van der Waals surface area contributed by atoms with Crippen LogP contribution in [0.4, 0.5) is 0 Å². The van der Waals surface area contributed by atoms with Gasteiger partial charge in [-0.1, -0.05) is 6.92 Å². The quantitative estimate of drug-likeness (QED) is 0.627. The zero-order valence-electron chi connectivity index (χ0n) is 7.05.